The molecule has 0 rings (SSSR count). The van der Waals surface area contributed by atoms with Crippen molar-refractivity contribution < 1.29 is 9.53 Å². The van der Waals surface area contributed by atoms with Gasteiger partial charge < -0.3 is 4.74 Å². The highest BCUT2D eigenvalue weighted by Crippen LogP contribution is 2.20. The van der Waals surface area contributed by atoms with Crippen LogP contribution in [0.4, 0.5) is 0 Å². The van der Waals surface area contributed by atoms with Crippen LogP contribution < -0.4 is 5.73 Å². The summed E-state index contributed by atoms with van der Waals surface area (Å²) in [5.74, 6) is -0.321. The van der Waals surface area contributed by atoms with Crippen molar-refractivity contribution in [1.29, 1.82) is 0 Å². The molecule has 1 unspecified atom stereocenters. The van der Waals surface area contributed by atoms with Gasteiger partial charge in [-0.2, -0.15) is 0 Å². The van der Waals surface area contributed by atoms with E-state index in [1.54, 1.807) is 6.92 Å². The number of nitrogens with two attached hydrogens (primary N) is 1. The zero-order valence-corrected chi connectivity index (χ0v) is 8.89. The molecule has 3 heteroatoms. The van der Waals surface area contributed by atoms with Crippen molar-refractivity contribution in [3.05, 3.63) is 12.2 Å². The minimum absolute atomic E-state index is 0.0980. The molecule has 0 aromatic carbocycles. The van der Waals surface area contributed by atoms with Crippen molar-refractivity contribution in [2.24, 2.45) is 11.7 Å². The fourth-order valence-electron chi connectivity index (χ4n) is 0.858. The molecule has 0 aromatic rings. The van der Waals surface area contributed by atoms with Gasteiger partial charge in [0.25, 0.3) is 0 Å². The Bertz CT molecular complexity index is 211. The van der Waals surface area contributed by atoms with Crippen LogP contribution >= 0.6 is 0 Å². The Morgan fingerprint density at radius 1 is 1.62 bits per heavy atom. The lowest BCUT2D eigenvalue weighted by molar-refractivity contribution is -0.159. The maximum Gasteiger partial charge on any atom is 0.334 e. The summed E-state index contributed by atoms with van der Waals surface area (Å²) >= 11 is 0. The fourth-order valence-corrected chi connectivity index (χ4v) is 0.858. The van der Waals surface area contributed by atoms with Crippen molar-refractivity contribution >= 4 is 5.97 Å². The van der Waals surface area contributed by atoms with Gasteiger partial charge in [-0.25, -0.2) is 4.79 Å². The molecule has 0 aliphatic rings. The molecule has 0 bridgehead atoms. The SMILES string of the molecule is C=C(C)C(=O)OC(N)(CC)C(C)C. The number of carbonyl (C=O) groups is 1. The van der Waals surface area contributed by atoms with Crippen molar-refractivity contribution in [1.82, 2.24) is 0 Å². The molecule has 13 heavy (non-hydrogen) atoms. The molecule has 76 valence electrons. The fraction of sp³-hybridized carbons (Fsp3) is 0.700. The quantitative estimate of drug-likeness (QED) is 0.413. The van der Waals surface area contributed by atoms with E-state index in [9.17, 15) is 4.79 Å². The molecule has 0 saturated carbocycles. The van der Waals surface area contributed by atoms with Crippen LogP contribution in [-0.2, 0) is 9.53 Å². The summed E-state index contributed by atoms with van der Waals surface area (Å²) < 4.78 is 5.15. The summed E-state index contributed by atoms with van der Waals surface area (Å²) in [6.07, 6.45) is 0.601. The summed E-state index contributed by atoms with van der Waals surface area (Å²) in [5, 5.41) is 0. The van der Waals surface area contributed by atoms with Gasteiger partial charge in [0.05, 0.1) is 0 Å². The second kappa shape index (κ2) is 4.42. The molecule has 0 fully saturated rings. The van der Waals surface area contributed by atoms with Gasteiger partial charge in [-0.05, 0) is 13.3 Å². The van der Waals surface area contributed by atoms with Gasteiger partial charge in [0, 0.05) is 11.5 Å². The average molecular weight is 185 g/mol. The van der Waals surface area contributed by atoms with Crippen LogP contribution in [0.3, 0.4) is 0 Å². The monoisotopic (exact) mass is 185 g/mol. The van der Waals surface area contributed by atoms with Crippen LogP contribution in [-0.4, -0.2) is 11.7 Å². The Kier molecular flexibility index (Phi) is 4.14. The zero-order valence-electron chi connectivity index (χ0n) is 8.89. The van der Waals surface area contributed by atoms with Crippen LogP contribution in [0.1, 0.15) is 34.1 Å². The minimum Gasteiger partial charge on any atom is -0.441 e. The second-order valence-electron chi connectivity index (χ2n) is 3.63. The Morgan fingerprint density at radius 3 is 2.31 bits per heavy atom. The Hall–Kier alpha value is -0.830. The predicted molar refractivity (Wildman–Crippen MR) is 53.0 cm³/mol. The first-order chi connectivity index (χ1) is 5.83. The van der Waals surface area contributed by atoms with E-state index >= 15 is 0 Å². The van der Waals surface area contributed by atoms with E-state index in [1.165, 1.54) is 0 Å². The molecular formula is C10H19NO2. The highest BCUT2D eigenvalue weighted by Gasteiger charge is 2.31. The number of rotatable bonds is 4. The van der Waals surface area contributed by atoms with E-state index < -0.39 is 11.7 Å². The van der Waals surface area contributed by atoms with Crippen LogP contribution in [0.15, 0.2) is 12.2 Å². The smallest absolute Gasteiger partial charge is 0.334 e. The molecule has 0 saturated heterocycles. The third-order valence-corrected chi connectivity index (χ3v) is 2.16. The molecule has 0 aliphatic carbocycles. The summed E-state index contributed by atoms with van der Waals surface area (Å²) in [6.45, 7) is 10.9. The number of ether oxygens (including phenoxy) is 1. The van der Waals surface area contributed by atoms with E-state index in [-0.39, 0.29) is 5.92 Å². The van der Waals surface area contributed by atoms with Crippen molar-refractivity contribution in [2.45, 2.75) is 39.8 Å². The van der Waals surface area contributed by atoms with Crippen molar-refractivity contribution in [2.75, 3.05) is 0 Å². The standard InChI is InChI=1S/C10H19NO2/c1-6-10(11,8(4)5)13-9(12)7(2)3/h8H,2,6,11H2,1,3-5H3. The van der Waals surface area contributed by atoms with Crippen molar-refractivity contribution in [3.63, 3.8) is 0 Å². The molecule has 0 heterocycles. The van der Waals surface area contributed by atoms with Gasteiger partial charge in [-0.1, -0.05) is 27.4 Å². The van der Waals surface area contributed by atoms with Gasteiger partial charge >= 0.3 is 5.97 Å². The first-order valence-corrected chi connectivity index (χ1v) is 4.51. The van der Waals surface area contributed by atoms with Gasteiger partial charge in [0.2, 0.25) is 0 Å². The lowest BCUT2D eigenvalue weighted by Gasteiger charge is -2.31. The van der Waals surface area contributed by atoms with Crippen LogP contribution in [0.5, 0.6) is 0 Å². The van der Waals surface area contributed by atoms with E-state index in [4.69, 9.17) is 10.5 Å². The number of esters is 1. The van der Waals surface area contributed by atoms with E-state index in [0.29, 0.717) is 12.0 Å². The van der Waals surface area contributed by atoms with Crippen LogP contribution in [0, 0.1) is 5.92 Å². The second-order valence-corrected chi connectivity index (χ2v) is 3.63. The molecule has 3 nitrogen and oxygen atoms in total. The molecule has 0 amide bonds. The Morgan fingerprint density at radius 2 is 2.08 bits per heavy atom. The first kappa shape index (κ1) is 12.2. The number of hydrogen-bond donors (Lipinski definition) is 1. The lowest BCUT2D eigenvalue weighted by Crippen LogP contribution is -2.48. The third-order valence-electron chi connectivity index (χ3n) is 2.16. The van der Waals surface area contributed by atoms with E-state index in [0.717, 1.165) is 0 Å². The summed E-state index contributed by atoms with van der Waals surface area (Å²) in [7, 11) is 0. The molecule has 0 radical (unpaired) electrons. The topological polar surface area (TPSA) is 52.3 Å². The summed E-state index contributed by atoms with van der Waals surface area (Å²) in [6, 6.07) is 0. The van der Waals surface area contributed by atoms with Crippen molar-refractivity contribution in [3.8, 4) is 0 Å². The summed E-state index contributed by atoms with van der Waals surface area (Å²) in [5.41, 5.74) is 5.41. The largest absolute Gasteiger partial charge is 0.441 e. The molecule has 0 aromatic heterocycles. The highest BCUT2D eigenvalue weighted by atomic mass is 16.6. The first-order valence-electron chi connectivity index (χ1n) is 4.51. The molecule has 0 spiro atoms. The van der Waals surface area contributed by atoms with Gasteiger partial charge in [-0.15, -0.1) is 0 Å². The van der Waals surface area contributed by atoms with E-state index in [1.807, 2.05) is 20.8 Å². The number of carbonyl (C=O) groups excluding carboxylic acids is 1. The highest BCUT2D eigenvalue weighted by molar-refractivity contribution is 5.87. The van der Waals surface area contributed by atoms with Crippen LogP contribution in [0.25, 0.3) is 0 Å². The maximum absolute atomic E-state index is 11.2. The van der Waals surface area contributed by atoms with Gasteiger partial charge in [-0.3, -0.25) is 5.73 Å². The predicted octanol–water partition coefficient (Wildman–Crippen LogP) is 1.83. The van der Waals surface area contributed by atoms with E-state index in [2.05, 4.69) is 6.58 Å². The maximum atomic E-state index is 11.2. The Balaban J connectivity index is 4.45. The molecule has 2 N–H and O–H groups in total. The molecule has 1 atom stereocenters. The van der Waals surface area contributed by atoms with Crippen LogP contribution in [0.2, 0.25) is 0 Å². The Labute approximate surface area is 79.9 Å². The van der Waals surface area contributed by atoms with Gasteiger partial charge in [0.15, 0.2) is 5.72 Å². The third kappa shape index (κ3) is 3.19. The molecule has 0 aliphatic heterocycles. The minimum atomic E-state index is -0.865. The normalized spacial score (nSPS) is 15.2. The zero-order chi connectivity index (χ0) is 10.6. The average Bonchev–Trinajstić information content (AvgIpc) is 2.03. The number of hydrogen-bond acceptors (Lipinski definition) is 3. The molecular weight excluding hydrogens is 166 g/mol. The summed E-state index contributed by atoms with van der Waals surface area (Å²) in [4.78, 5) is 11.2. The lowest BCUT2D eigenvalue weighted by atomic mass is 9.98. The van der Waals surface area contributed by atoms with Gasteiger partial charge in [0.1, 0.15) is 0 Å².